The fourth-order valence-corrected chi connectivity index (χ4v) is 5.39. The first kappa shape index (κ1) is 21.7. The first-order chi connectivity index (χ1) is 16.0. The molecular formula is C27H30N2O4. The first-order valence-corrected chi connectivity index (χ1v) is 11.9. The zero-order valence-corrected chi connectivity index (χ0v) is 19.0. The second-order valence-electron chi connectivity index (χ2n) is 9.34. The van der Waals surface area contributed by atoms with Gasteiger partial charge in [-0.25, -0.2) is 4.79 Å². The molecule has 5 rings (SSSR count). The smallest absolute Gasteiger partial charge is 0.360 e. The van der Waals surface area contributed by atoms with E-state index in [1.54, 1.807) is 17.0 Å². The first-order valence-electron chi connectivity index (χ1n) is 11.9. The van der Waals surface area contributed by atoms with Gasteiger partial charge in [0.05, 0.1) is 6.04 Å². The van der Waals surface area contributed by atoms with Crippen LogP contribution in [-0.2, 0) is 17.6 Å². The van der Waals surface area contributed by atoms with Crippen molar-refractivity contribution in [1.82, 2.24) is 4.90 Å². The number of phenols is 1. The number of piperidine rings is 1. The van der Waals surface area contributed by atoms with Crippen LogP contribution in [0.5, 0.6) is 5.75 Å². The van der Waals surface area contributed by atoms with Gasteiger partial charge in [-0.2, -0.15) is 0 Å². The van der Waals surface area contributed by atoms with Gasteiger partial charge in [-0.1, -0.05) is 30.3 Å². The minimum absolute atomic E-state index is 0.0516. The molecule has 172 valence electrons. The van der Waals surface area contributed by atoms with E-state index in [0.29, 0.717) is 35.5 Å². The van der Waals surface area contributed by atoms with Crippen LogP contribution in [0.25, 0.3) is 11.0 Å². The fraction of sp³-hybridized carbons (Fsp3) is 0.407. The third-order valence-corrected chi connectivity index (χ3v) is 7.24. The van der Waals surface area contributed by atoms with Gasteiger partial charge in [0.15, 0.2) is 0 Å². The van der Waals surface area contributed by atoms with Crippen LogP contribution in [-0.4, -0.2) is 41.6 Å². The highest BCUT2D eigenvalue weighted by Crippen LogP contribution is 2.33. The number of carbonyl (C=O) groups is 1. The van der Waals surface area contributed by atoms with Crippen LogP contribution in [0.15, 0.2) is 57.7 Å². The molecule has 1 fully saturated rings. The molecule has 1 amide bonds. The standard InChI is InChI=1S/C27H30N2O4/c1-18(28-14-11-20(12-15-28)16-19-6-3-2-4-7-19)26(31)29-13-5-8-22-23-17-21(30)9-10-24(23)33-27(32)25(22)29/h2-4,6-7,9-10,17-18,20,30H,5,8,11-16H2,1H3. The number of nitrogens with zero attached hydrogens (tertiary/aromatic N) is 2. The third kappa shape index (κ3) is 4.27. The summed E-state index contributed by atoms with van der Waals surface area (Å²) in [4.78, 5) is 30.3. The minimum Gasteiger partial charge on any atom is -0.508 e. The van der Waals surface area contributed by atoms with Crippen molar-refractivity contribution in [2.24, 2.45) is 5.92 Å². The zero-order valence-electron chi connectivity index (χ0n) is 19.0. The molecule has 0 aliphatic carbocycles. The zero-order chi connectivity index (χ0) is 22.9. The Morgan fingerprint density at radius 3 is 2.64 bits per heavy atom. The maximum atomic E-state index is 13.5. The van der Waals surface area contributed by atoms with Gasteiger partial charge in [0.2, 0.25) is 5.91 Å². The number of hydrogen-bond donors (Lipinski definition) is 1. The van der Waals surface area contributed by atoms with E-state index in [9.17, 15) is 14.7 Å². The van der Waals surface area contributed by atoms with Crippen molar-refractivity contribution < 1.29 is 14.3 Å². The normalized spacial score (nSPS) is 18.3. The van der Waals surface area contributed by atoms with E-state index in [0.717, 1.165) is 44.3 Å². The number of phenolic OH excluding ortho intramolecular Hbond substituents is 1. The summed E-state index contributed by atoms with van der Waals surface area (Å²) in [6.07, 6.45) is 4.67. The highest BCUT2D eigenvalue weighted by Gasteiger charge is 2.34. The van der Waals surface area contributed by atoms with E-state index in [1.165, 1.54) is 11.6 Å². The topological polar surface area (TPSA) is 74.0 Å². The molecule has 1 unspecified atom stereocenters. The maximum Gasteiger partial charge on any atom is 0.360 e. The van der Waals surface area contributed by atoms with Crippen LogP contribution in [0, 0.1) is 5.92 Å². The largest absolute Gasteiger partial charge is 0.508 e. The number of benzene rings is 2. The highest BCUT2D eigenvalue weighted by atomic mass is 16.4. The Morgan fingerprint density at radius 1 is 1.12 bits per heavy atom. The van der Waals surface area contributed by atoms with Crippen LogP contribution in [0.1, 0.15) is 37.3 Å². The number of carbonyl (C=O) groups excluding carboxylic acids is 1. The number of amides is 1. The van der Waals surface area contributed by atoms with E-state index in [4.69, 9.17) is 4.42 Å². The van der Waals surface area contributed by atoms with E-state index in [2.05, 4.69) is 29.2 Å². The van der Waals surface area contributed by atoms with Crippen LogP contribution in [0.3, 0.4) is 0 Å². The molecule has 0 bridgehead atoms. The lowest BCUT2D eigenvalue weighted by Crippen LogP contribution is -2.52. The lowest BCUT2D eigenvalue weighted by atomic mass is 9.89. The summed E-state index contributed by atoms with van der Waals surface area (Å²) in [5.41, 5.74) is 2.47. The molecule has 2 aliphatic heterocycles. The fourth-order valence-electron chi connectivity index (χ4n) is 5.39. The van der Waals surface area contributed by atoms with Crippen molar-refractivity contribution in [3.63, 3.8) is 0 Å². The lowest BCUT2D eigenvalue weighted by molar-refractivity contribution is -0.124. The molecule has 0 radical (unpaired) electrons. The Kier molecular flexibility index (Phi) is 5.94. The van der Waals surface area contributed by atoms with Crippen molar-refractivity contribution in [1.29, 1.82) is 0 Å². The SMILES string of the molecule is CC(C(=O)N1CCCc2c1c(=O)oc1ccc(O)cc21)N1CCC(Cc2ccccc2)CC1. The van der Waals surface area contributed by atoms with E-state index in [1.807, 2.05) is 13.0 Å². The number of aromatic hydroxyl groups is 1. The lowest BCUT2D eigenvalue weighted by Gasteiger charge is -2.38. The molecule has 6 heteroatoms. The summed E-state index contributed by atoms with van der Waals surface area (Å²) in [6.45, 7) is 4.22. The molecule has 3 heterocycles. The Bertz CT molecular complexity index is 1210. The number of likely N-dealkylation sites (tertiary alicyclic amines) is 1. The van der Waals surface area contributed by atoms with Crippen LogP contribution in [0.4, 0.5) is 5.69 Å². The van der Waals surface area contributed by atoms with Crippen LogP contribution < -0.4 is 10.5 Å². The Hall–Kier alpha value is -3.12. The molecule has 1 N–H and O–H groups in total. The van der Waals surface area contributed by atoms with Gasteiger partial charge in [0, 0.05) is 11.9 Å². The number of fused-ring (bicyclic) bond motifs is 3. The van der Waals surface area contributed by atoms with Crippen molar-refractivity contribution >= 4 is 22.6 Å². The molecule has 0 saturated carbocycles. The number of anilines is 1. The average molecular weight is 447 g/mol. The molecular weight excluding hydrogens is 416 g/mol. The van der Waals surface area contributed by atoms with E-state index < -0.39 is 5.63 Å². The van der Waals surface area contributed by atoms with Gasteiger partial charge in [-0.3, -0.25) is 9.69 Å². The molecule has 0 spiro atoms. The van der Waals surface area contributed by atoms with Crippen molar-refractivity contribution in [3.05, 3.63) is 70.1 Å². The van der Waals surface area contributed by atoms with E-state index in [-0.39, 0.29) is 17.7 Å². The summed E-state index contributed by atoms with van der Waals surface area (Å²) in [6, 6.07) is 15.0. The predicted octanol–water partition coefficient (Wildman–Crippen LogP) is 4.12. The average Bonchev–Trinajstić information content (AvgIpc) is 2.84. The summed E-state index contributed by atoms with van der Waals surface area (Å²) in [7, 11) is 0. The molecule has 1 atom stereocenters. The number of rotatable bonds is 4. The minimum atomic E-state index is -0.481. The second-order valence-corrected chi connectivity index (χ2v) is 9.34. The van der Waals surface area contributed by atoms with Gasteiger partial charge in [-0.05, 0) is 87.4 Å². The van der Waals surface area contributed by atoms with Gasteiger partial charge in [0.1, 0.15) is 17.0 Å². The maximum absolute atomic E-state index is 13.5. The Labute approximate surface area is 193 Å². The van der Waals surface area contributed by atoms with Crippen LogP contribution >= 0.6 is 0 Å². The summed E-state index contributed by atoms with van der Waals surface area (Å²) >= 11 is 0. The third-order valence-electron chi connectivity index (χ3n) is 7.24. The highest BCUT2D eigenvalue weighted by molar-refractivity contribution is 6.00. The van der Waals surface area contributed by atoms with Gasteiger partial charge in [-0.15, -0.1) is 0 Å². The molecule has 1 saturated heterocycles. The molecule has 6 nitrogen and oxygen atoms in total. The van der Waals surface area contributed by atoms with Gasteiger partial charge >= 0.3 is 5.63 Å². The Balaban J connectivity index is 1.32. The Morgan fingerprint density at radius 2 is 1.88 bits per heavy atom. The van der Waals surface area contributed by atoms with Crippen molar-refractivity contribution in [3.8, 4) is 5.75 Å². The van der Waals surface area contributed by atoms with Gasteiger partial charge in [0.25, 0.3) is 0 Å². The number of hydrogen-bond acceptors (Lipinski definition) is 5. The summed E-state index contributed by atoms with van der Waals surface area (Å²) < 4.78 is 5.52. The second kappa shape index (κ2) is 9.02. The molecule has 33 heavy (non-hydrogen) atoms. The molecule has 2 aliphatic rings. The van der Waals surface area contributed by atoms with Crippen molar-refractivity contribution in [2.75, 3.05) is 24.5 Å². The molecule has 3 aromatic rings. The van der Waals surface area contributed by atoms with Crippen molar-refractivity contribution in [2.45, 2.75) is 45.1 Å². The van der Waals surface area contributed by atoms with Crippen LogP contribution in [0.2, 0.25) is 0 Å². The summed E-state index contributed by atoms with van der Waals surface area (Å²) in [5.74, 6) is 0.700. The monoisotopic (exact) mass is 446 g/mol. The van der Waals surface area contributed by atoms with E-state index >= 15 is 0 Å². The number of aryl methyl sites for hydroxylation is 1. The molecule has 2 aromatic carbocycles. The van der Waals surface area contributed by atoms with Gasteiger partial charge < -0.3 is 14.4 Å². The summed E-state index contributed by atoms with van der Waals surface area (Å²) in [5, 5.41) is 10.6. The predicted molar refractivity (Wildman–Crippen MR) is 129 cm³/mol. The molecule has 1 aromatic heterocycles. The quantitative estimate of drug-likeness (QED) is 0.611.